The highest BCUT2D eigenvalue weighted by Gasteiger charge is 2.49. The van der Waals surface area contributed by atoms with Crippen LogP contribution in [0.4, 0.5) is 0 Å². The van der Waals surface area contributed by atoms with E-state index in [1.165, 1.54) is 37.7 Å². The summed E-state index contributed by atoms with van der Waals surface area (Å²) in [4.78, 5) is 0. The van der Waals surface area contributed by atoms with Crippen molar-refractivity contribution in [3.63, 3.8) is 0 Å². The van der Waals surface area contributed by atoms with Gasteiger partial charge in [0.1, 0.15) is 0 Å². The van der Waals surface area contributed by atoms with Crippen LogP contribution in [0.15, 0.2) is 42.5 Å². The Morgan fingerprint density at radius 2 is 1.50 bits per heavy atom. The molecule has 4 aliphatic carbocycles. The highest BCUT2D eigenvalue weighted by molar-refractivity contribution is 5.16. The van der Waals surface area contributed by atoms with Gasteiger partial charge in [0, 0.05) is 0 Å². The lowest BCUT2D eigenvalue weighted by molar-refractivity contribution is -0.0238. The molecule has 0 radical (unpaired) electrons. The molecule has 4 saturated carbocycles. The van der Waals surface area contributed by atoms with Crippen LogP contribution in [0.25, 0.3) is 0 Å². The summed E-state index contributed by atoms with van der Waals surface area (Å²) in [6.45, 7) is 0. The summed E-state index contributed by atoms with van der Waals surface area (Å²) in [5.74, 6) is 3.21. The highest BCUT2D eigenvalue weighted by Crippen LogP contribution is 2.60. The van der Waals surface area contributed by atoms with E-state index in [0.29, 0.717) is 5.41 Å². The van der Waals surface area contributed by atoms with Crippen molar-refractivity contribution in [2.24, 2.45) is 23.2 Å². The maximum absolute atomic E-state index is 2.64. The lowest BCUT2D eigenvalue weighted by Crippen LogP contribution is -2.44. The van der Waals surface area contributed by atoms with Crippen molar-refractivity contribution in [2.45, 2.75) is 51.4 Å². The van der Waals surface area contributed by atoms with Crippen LogP contribution in [0.3, 0.4) is 0 Å². The lowest BCUT2D eigenvalue weighted by atomic mass is 9.49. The predicted molar refractivity (Wildman–Crippen MR) is 84.5 cm³/mol. The van der Waals surface area contributed by atoms with Crippen molar-refractivity contribution >= 4 is 0 Å². The Kier molecular flexibility index (Phi) is 3.21. The monoisotopic (exact) mass is 266 g/mol. The average molecular weight is 266 g/mol. The number of rotatable bonds is 4. The van der Waals surface area contributed by atoms with Gasteiger partial charge in [-0.25, -0.2) is 0 Å². The summed E-state index contributed by atoms with van der Waals surface area (Å²) in [6, 6.07) is 10.9. The Bertz CT molecular complexity index is 447. The van der Waals surface area contributed by atoms with Crippen LogP contribution < -0.4 is 0 Å². The van der Waals surface area contributed by atoms with Crippen LogP contribution in [0, 0.1) is 23.2 Å². The number of hydrogen-bond donors (Lipinski definition) is 0. The third kappa shape index (κ3) is 2.45. The van der Waals surface area contributed by atoms with E-state index < -0.39 is 0 Å². The smallest absolute Gasteiger partial charge is 0.0110 e. The van der Waals surface area contributed by atoms with Gasteiger partial charge in [-0.1, -0.05) is 42.5 Å². The summed E-state index contributed by atoms with van der Waals surface area (Å²) in [5, 5.41) is 0. The van der Waals surface area contributed by atoms with Gasteiger partial charge in [-0.15, -0.1) is 0 Å². The molecule has 0 spiro atoms. The first-order valence-corrected chi connectivity index (χ1v) is 8.53. The largest absolute Gasteiger partial charge is 0.0876 e. The molecule has 4 bridgehead atoms. The molecule has 4 aliphatic rings. The van der Waals surface area contributed by atoms with Gasteiger partial charge in [0.05, 0.1) is 0 Å². The first-order chi connectivity index (χ1) is 9.81. The lowest BCUT2D eigenvalue weighted by Gasteiger charge is -2.56. The molecule has 0 aliphatic heterocycles. The molecule has 106 valence electrons. The van der Waals surface area contributed by atoms with Crippen LogP contribution in [-0.4, -0.2) is 0 Å². The highest BCUT2D eigenvalue weighted by atomic mass is 14.5. The summed E-state index contributed by atoms with van der Waals surface area (Å²) in [6.07, 6.45) is 16.7. The fourth-order valence-corrected chi connectivity index (χ4v) is 5.61. The second kappa shape index (κ2) is 5.06. The summed E-state index contributed by atoms with van der Waals surface area (Å²) < 4.78 is 0. The standard InChI is InChI=1S/C20H26/c1-2-6-16(7-3-1)8-4-5-9-20-13-17-10-18(14-20)12-19(11-17)15-20/h1-3,5-7,9,17-19H,4,8,10-15H2/b9-5+. The SMILES string of the molecule is C(=C\C12CC3CC(CC(C3)C1)C2)/CCc1ccccc1. The van der Waals surface area contributed by atoms with Crippen molar-refractivity contribution in [3.05, 3.63) is 48.0 Å². The molecule has 4 fully saturated rings. The molecule has 1 aromatic rings. The molecule has 0 nitrogen and oxygen atoms in total. The second-order valence-electron chi connectivity index (χ2n) is 7.71. The van der Waals surface area contributed by atoms with E-state index in [1.807, 2.05) is 0 Å². The van der Waals surface area contributed by atoms with Crippen LogP contribution in [0.5, 0.6) is 0 Å². The van der Waals surface area contributed by atoms with Crippen molar-refractivity contribution in [3.8, 4) is 0 Å². The van der Waals surface area contributed by atoms with E-state index in [4.69, 9.17) is 0 Å². The van der Waals surface area contributed by atoms with E-state index in [1.54, 1.807) is 19.3 Å². The third-order valence-electron chi connectivity index (χ3n) is 6.00. The summed E-state index contributed by atoms with van der Waals surface area (Å²) >= 11 is 0. The van der Waals surface area contributed by atoms with Gasteiger partial charge in [0.25, 0.3) is 0 Å². The first-order valence-electron chi connectivity index (χ1n) is 8.53. The zero-order valence-corrected chi connectivity index (χ0v) is 12.4. The third-order valence-corrected chi connectivity index (χ3v) is 6.00. The first kappa shape index (κ1) is 12.7. The minimum Gasteiger partial charge on any atom is -0.0876 e. The van der Waals surface area contributed by atoms with E-state index >= 15 is 0 Å². The Labute approximate surface area is 123 Å². The summed E-state index contributed by atoms with van der Waals surface area (Å²) in [7, 11) is 0. The molecule has 0 N–H and O–H groups in total. The fraction of sp³-hybridized carbons (Fsp3) is 0.600. The number of benzene rings is 1. The Morgan fingerprint density at radius 1 is 0.900 bits per heavy atom. The predicted octanol–water partition coefficient (Wildman–Crippen LogP) is 5.39. The molecule has 5 rings (SSSR count). The minimum absolute atomic E-state index is 0.617. The Balaban J connectivity index is 1.38. The van der Waals surface area contributed by atoms with E-state index in [2.05, 4.69) is 42.5 Å². The quantitative estimate of drug-likeness (QED) is 0.641. The van der Waals surface area contributed by atoms with Gasteiger partial charge >= 0.3 is 0 Å². The van der Waals surface area contributed by atoms with Gasteiger partial charge < -0.3 is 0 Å². The number of hydrogen-bond acceptors (Lipinski definition) is 0. The van der Waals surface area contributed by atoms with Gasteiger partial charge in [0.2, 0.25) is 0 Å². The fourth-order valence-electron chi connectivity index (χ4n) is 5.61. The van der Waals surface area contributed by atoms with E-state index in [-0.39, 0.29) is 0 Å². The maximum atomic E-state index is 2.64. The maximum Gasteiger partial charge on any atom is -0.0110 e. The van der Waals surface area contributed by atoms with Crippen molar-refractivity contribution < 1.29 is 0 Å². The number of aryl methyl sites for hydroxylation is 1. The van der Waals surface area contributed by atoms with Crippen LogP contribution in [0.1, 0.15) is 50.5 Å². The molecule has 0 heteroatoms. The van der Waals surface area contributed by atoms with Gasteiger partial charge in [-0.2, -0.15) is 0 Å². The van der Waals surface area contributed by atoms with E-state index in [9.17, 15) is 0 Å². The number of allylic oxidation sites excluding steroid dienone is 2. The average Bonchev–Trinajstić information content (AvgIpc) is 2.43. The minimum atomic E-state index is 0.617. The molecule has 0 atom stereocenters. The topological polar surface area (TPSA) is 0 Å². The van der Waals surface area contributed by atoms with Crippen molar-refractivity contribution in [1.29, 1.82) is 0 Å². The molecule has 0 amide bonds. The summed E-state index contributed by atoms with van der Waals surface area (Å²) in [5.41, 5.74) is 2.09. The molecular formula is C20H26. The molecule has 0 saturated heterocycles. The Hall–Kier alpha value is -1.04. The second-order valence-corrected chi connectivity index (χ2v) is 7.71. The molecular weight excluding hydrogens is 240 g/mol. The van der Waals surface area contributed by atoms with Gasteiger partial charge in [-0.05, 0) is 80.1 Å². The van der Waals surface area contributed by atoms with Crippen molar-refractivity contribution in [2.75, 3.05) is 0 Å². The van der Waals surface area contributed by atoms with Gasteiger partial charge in [0.15, 0.2) is 0 Å². The molecule has 0 heterocycles. The zero-order valence-electron chi connectivity index (χ0n) is 12.4. The molecule has 0 unspecified atom stereocenters. The van der Waals surface area contributed by atoms with E-state index in [0.717, 1.165) is 17.8 Å². The van der Waals surface area contributed by atoms with Crippen molar-refractivity contribution in [1.82, 2.24) is 0 Å². The Morgan fingerprint density at radius 3 is 2.10 bits per heavy atom. The normalized spacial score (nSPS) is 38.7. The van der Waals surface area contributed by atoms with Gasteiger partial charge in [-0.3, -0.25) is 0 Å². The van der Waals surface area contributed by atoms with Crippen LogP contribution in [-0.2, 0) is 6.42 Å². The molecule has 20 heavy (non-hydrogen) atoms. The van der Waals surface area contributed by atoms with Crippen LogP contribution in [0.2, 0.25) is 0 Å². The zero-order chi connectivity index (χ0) is 13.4. The molecule has 0 aromatic heterocycles. The molecule has 1 aromatic carbocycles. The van der Waals surface area contributed by atoms with Crippen LogP contribution >= 0.6 is 0 Å².